The topological polar surface area (TPSA) is 61.4 Å². The van der Waals surface area contributed by atoms with Crippen LogP contribution in [0.1, 0.15) is 36.2 Å². The lowest BCUT2D eigenvalue weighted by Gasteiger charge is -2.23. The van der Waals surface area contributed by atoms with Gasteiger partial charge in [0.1, 0.15) is 0 Å². The molecule has 1 unspecified atom stereocenters. The van der Waals surface area contributed by atoms with Crippen molar-refractivity contribution in [1.29, 1.82) is 0 Å². The van der Waals surface area contributed by atoms with Gasteiger partial charge in [-0.15, -0.1) is 0 Å². The molecule has 0 radical (unpaired) electrons. The van der Waals surface area contributed by atoms with Crippen LogP contribution >= 0.6 is 0 Å². The van der Waals surface area contributed by atoms with Gasteiger partial charge in [0.2, 0.25) is 0 Å². The van der Waals surface area contributed by atoms with Crippen molar-refractivity contribution >= 4 is 17.6 Å². The number of nitrogens with zero attached hydrogens (tertiary/aromatic N) is 1. The Balaban J connectivity index is 1.70. The highest BCUT2D eigenvalue weighted by atomic mass is 16.2. The van der Waals surface area contributed by atoms with Crippen molar-refractivity contribution in [2.75, 3.05) is 19.4 Å². The summed E-state index contributed by atoms with van der Waals surface area (Å²) in [6.45, 7) is 4.31. The van der Waals surface area contributed by atoms with E-state index in [-0.39, 0.29) is 22.9 Å². The van der Waals surface area contributed by atoms with Crippen LogP contribution in [0.15, 0.2) is 54.6 Å². The van der Waals surface area contributed by atoms with Gasteiger partial charge in [-0.2, -0.15) is 0 Å². The van der Waals surface area contributed by atoms with Crippen molar-refractivity contribution in [2.24, 2.45) is 5.41 Å². The van der Waals surface area contributed by atoms with Crippen LogP contribution in [0.25, 0.3) is 0 Å². The summed E-state index contributed by atoms with van der Waals surface area (Å²) in [6.07, 6.45) is 0.897. The fourth-order valence-corrected chi connectivity index (χ4v) is 3.43. The van der Waals surface area contributed by atoms with Gasteiger partial charge in [-0.3, -0.25) is 4.79 Å². The minimum Gasteiger partial charge on any atom is -0.345 e. The fraction of sp³-hybridized carbons (Fsp3) is 0.333. The van der Waals surface area contributed by atoms with Gasteiger partial charge in [-0.05, 0) is 41.7 Å². The zero-order valence-electron chi connectivity index (χ0n) is 15.7. The zero-order valence-corrected chi connectivity index (χ0v) is 15.7. The van der Waals surface area contributed by atoms with Crippen LogP contribution in [0.3, 0.4) is 0 Å². The van der Waals surface area contributed by atoms with Gasteiger partial charge in [-0.25, -0.2) is 4.79 Å². The van der Waals surface area contributed by atoms with Gasteiger partial charge in [0.15, 0.2) is 0 Å². The fourth-order valence-electron chi connectivity index (χ4n) is 3.43. The van der Waals surface area contributed by atoms with E-state index in [1.165, 1.54) is 4.90 Å². The average molecular weight is 351 g/mol. The molecule has 0 spiro atoms. The van der Waals surface area contributed by atoms with E-state index in [9.17, 15) is 9.59 Å². The maximum absolute atomic E-state index is 12.6. The molecule has 2 aromatic carbocycles. The number of urea groups is 1. The van der Waals surface area contributed by atoms with E-state index < -0.39 is 0 Å². The summed E-state index contributed by atoms with van der Waals surface area (Å²) in [6, 6.07) is 16.7. The van der Waals surface area contributed by atoms with Crippen LogP contribution in [-0.2, 0) is 5.54 Å². The Morgan fingerprint density at radius 2 is 1.54 bits per heavy atom. The van der Waals surface area contributed by atoms with Crippen LogP contribution in [0.5, 0.6) is 0 Å². The first-order valence-electron chi connectivity index (χ1n) is 8.72. The molecule has 1 aliphatic rings. The molecule has 26 heavy (non-hydrogen) atoms. The molecule has 136 valence electrons. The Labute approximate surface area is 154 Å². The summed E-state index contributed by atoms with van der Waals surface area (Å²) >= 11 is 0. The summed E-state index contributed by atoms with van der Waals surface area (Å²) in [4.78, 5) is 26.0. The van der Waals surface area contributed by atoms with Crippen molar-refractivity contribution in [2.45, 2.75) is 25.8 Å². The number of carbonyl (C=O) groups is 2. The van der Waals surface area contributed by atoms with E-state index in [1.54, 1.807) is 38.4 Å². The first-order chi connectivity index (χ1) is 12.2. The average Bonchev–Trinajstić information content (AvgIpc) is 3.17. The Hall–Kier alpha value is -2.82. The largest absolute Gasteiger partial charge is 0.345 e. The predicted molar refractivity (Wildman–Crippen MR) is 103 cm³/mol. The monoisotopic (exact) mass is 351 g/mol. The number of carbonyl (C=O) groups excluding carboxylic acids is 2. The molecular weight excluding hydrogens is 326 g/mol. The predicted octanol–water partition coefficient (Wildman–Crippen LogP) is 3.84. The van der Waals surface area contributed by atoms with E-state index in [0.717, 1.165) is 12.0 Å². The van der Waals surface area contributed by atoms with Gasteiger partial charge < -0.3 is 15.5 Å². The van der Waals surface area contributed by atoms with Crippen molar-refractivity contribution in [3.05, 3.63) is 65.7 Å². The highest BCUT2D eigenvalue weighted by Crippen LogP contribution is 2.62. The number of hydrogen-bond acceptors (Lipinski definition) is 2. The molecule has 0 bridgehead atoms. The second-order valence-corrected chi connectivity index (χ2v) is 7.69. The standard InChI is InChI=1S/C21H25N3O2/c1-20(2)14-21(20,16-8-6-5-7-9-16)23-19(26)22-17-12-10-15(11-13-17)18(25)24(3)4/h5-13H,14H2,1-4H3,(H2,22,23,26). The van der Waals surface area contributed by atoms with Gasteiger partial charge in [-0.1, -0.05) is 44.2 Å². The Morgan fingerprint density at radius 3 is 2.04 bits per heavy atom. The third kappa shape index (κ3) is 3.29. The van der Waals surface area contributed by atoms with Gasteiger partial charge >= 0.3 is 6.03 Å². The minimum atomic E-state index is -0.348. The minimum absolute atomic E-state index is 0.00762. The van der Waals surface area contributed by atoms with Crippen LogP contribution in [-0.4, -0.2) is 30.9 Å². The lowest BCUT2D eigenvalue weighted by atomic mass is 9.96. The quantitative estimate of drug-likeness (QED) is 0.879. The van der Waals surface area contributed by atoms with Gasteiger partial charge in [0.05, 0.1) is 5.54 Å². The summed E-state index contributed by atoms with van der Waals surface area (Å²) in [5, 5.41) is 6.02. The van der Waals surface area contributed by atoms with Crippen molar-refractivity contribution in [3.63, 3.8) is 0 Å². The Morgan fingerprint density at radius 1 is 0.962 bits per heavy atom. The van der Waals surface area contributed by atoms with E-state index in [1.807, 2.05) is 18.2 Å². The second kappa shape index (κ2) is 6.48. The number of rotatable bonds is 4. The highest BCUT2D eigenvalue weighted by Gasteiger charge is 2.63. The number of hydrogen-bond donors (Lipinski definition) is 2. The number of benzene rings is 2. The SMILES string of the molecule is CN(C)C(=O)c1ccc(NC(=O)NC2(c3ccccc3)CC2(C)C)cc1. The number of nitrogens with one attached hydrogen (secondary N) is 2. The molecule has 0 saturated heterocycles. The van der Waals surface area contributed by atoms with Crippen molar-refractivity contribution in [1.82, 2.24) is 10.2 Å². The second-order valence-electron chi connectivity index (χ2n) is 7.69. The molecule has 1 atom stereocenters. The van der Waals surface area contributed by atoms with Crippen LogP contribution < -0.4 is 10.6 Å². The molecule has 1 saturated carbocycles. The first-order valence-corrected chi connectivity index (χ1v) is 8.72. The third-order valence-corrected chi connectivity index (χ3v) is 5.13. The Kier molecular flexibility index (Phi) is 4.48. The molecule has 5 heteroatoms. The van der Waals surface area contributed by atoms with Crippen LogP contribution in [0.4, 0.5) is 10.5 Å². The maximum Gasteiger partial charge on any atom is 0.319 e. The molecular formula is C21H25N3O2. The summed E-state index contributed by atoms with van der Waals surface area (Å²) in [5.41, 5.74) is 2.02. The van der Waals surface area contributed by atoms with Crippen molar-refractivity contribution in [3.8, 4) is 0 Å². The number of anilines is 1. The summed E-state index contributed by atoms with van der Waals surface area (Å²) in [7, 11) is 3.42. The lowest BCUT2D eigenvalue weighted by molar-refractivity contribution is 0.0827. The van der Waals surface area contributed by atoms with E-state index in [2.05, 4.69) is 36.6 Å². The van der Waals surface area contributed by atoms with Crippen LogP contribution in [0, 0.1) is 5.41 Å². The molecule has 3 rings (SSSR count). The molecule has 0 aromatic heterocycles. The van der Waals surface area contributed by atoms with Gasteiger partial charge in [0.25, 0.3) is 5.91 Å². The van der Waals surface area contributed by atoms with Gasteiger partial charge in [0, 0.05) is 25.3 Å². The van der Waals surface area contributed by atoms with Crippen molar-refractivity contribution < 1.29 is 9.59 Å². The molecule has 3 amide bonds. The molecule has 1 aliphatic carbocycles. The molecule has 0 heterocycles. The normalized spacial score (nSPS) is 20.2. The molecule has 0 aliphatic heterocycles. The third-order valence-electron chi connectivity index (χ3n) is 5.13. The zero-order chi connectivity index (χ0) is 18.9. The maximum atomic E-state index is 12.6. The molecule has 2 aromatic rings. The molecule has 2 N–H and O–H groups in total. The summed E-state index contributed by atoms with van der Waals surface area (Å²) < 4.78 is 0. The number of amides is 3. The molecule has 1 fully saturated rings. The Bertz CT molecular complexity index is 813. The van der Waals surface area contributed by atoms with E-state index >= 15 is 0 Å². The highest BCUT2D eigenvalue weighted by molar-refractivity contribution is 5.95. The summed E-state index contributed by atoms with van der Waals surface area (Å²) in [5.74, 6) is -0.0660. The molecule has 5 nitrogen and oxygen atoms in total. The smallest absolute Gasteiger partial charge is 0.319 e. The lowest BCUT2D eigenvalue weighted by Crippen LogP contribution is -2.41. The first kappa shape index (κ1) is 18.0. The van der Waals surface area contributed by atoms with E-state index in [4.69, 9.17) is 0 Å². The van der Waals surface area contributed by atoms with E-state index in [0.29, 0.717) is 11.3 Å². The van der Waals surface area contributed by atoms with Crippen LogP contribution in [0.2, 0.25) is 0 Å².